The zero-order valence-corrected chi connectivity index (χ0v) is 25.3. The minimum Gasteiger partial charge on any atom is -0.351 e. The number of pyridine rings is 1. The van der Waals surface area contributed by atoms with E-state index in [1.165, 1.54) is 0 Å². The molecule has 1 fully saturated rings. The van der Waals surface area contributed by atoms with Gasteiger partial charge in [-0.15, -0.1) is 0 Å². The fraction of sp³-hybridized carbons (Fsp3) is 0.258. The van der Waals surface area contributed by atoms with Crippen molar-refractivity contribution in [1.82, 2.24) is 14.9 Å². The number of aryl methyl sites for hydroxylation is 2. The van der Waals surface area contributed by atoms with Crippen LogP contribution in [0.15, 0.2) is 66.9 Å². The van der Waals surface area contributed by atoms with Gasteiger partial charge in [-0.05, 0) is 92.6 Å². The van der Waals surface area contributed by atoms with Crippen molar-refractivity contribution >= 4 is 57.8 Å². The van der Waals surface area contributed by atoms with Gasteiger partial charge in [-0.25, -0.2) is 0 Å². The first kappa shape index (κ1) is 28.1. The van der Waals surface area contributed by atoms with E-state index in [2.05, 4.69) is 51.1 Å². The van der Waals surface area contributed by atoms with Crippen molar-refractivity contribution in [3.63, 3.8) is 0 Å². The highest BCUT2D eigenvalue weighted by atomic mass is 35.5. The normalized spacial score (nSPS) is 16.9. The molecule has 6 nitrogen and oxygen atoms in total. The van der Waals surface area contributed by atoms with E-state index in [0.29, 0.717) is 15.2 Å². The van der Waals surface area contributed by atoms with Gasteiger partial charge in [0.05, 0.1) is 33.5 Å². The molecular weight excluding hydrogens is 561 g/mol. The fourth-order valence-electron chi connectivity index (χ4n) is 5.29. The van der Waals surface area contributed by atoms with Gasteiger partial charge in [0, 0.05) is 34.9 Å². The monoisotopic (exact) mass is 591 g/mol. The Balaban J connectivity index is 1.64. The van der Waals surface area contributed by atoms with Crippen molar-refractivity contribution in [2.75, 3.05) is 10.2 Å². The molecule has 2 N–H and O–H groups in total. The van der Waals surface area contributed by atoms with Crippen LogP contribution in [0.5, 0.6) is 0 Å². The zero-order valence-electron chi connectivity index (χ0n) is 23.0. The number of amides is 1. The Morgan fingerprint density at radius 2 is 1.82 bits per heavy atom. The number of hydrogen-bond acceptors (Lipinski definition) is 3. The van der Waals surface area contributed by atoms with Gasteiger partial charge < -0.3 is 20.1 Å². The molecule has 2 aromatic heterocycles. The Labute approximate surface area is 250 Å². The lowest BCUT2D eigenvalue weighted by Crippen LogP contribution is -2.29. The highest BCUT2D eigenvalue weighted by Gasteiger charge is 2.42. The highest BCUT2D eigenvalue weighted by molar-refractivity contribution is 7.80. The zero-order chi connectivity index (χ0) is 28.7. The Bertz CT molecular complexity index is 1600. The van der Waals surface area contributed by atoms with Crippen LogP contribution in [0, 0.1) is 26.7 Å². The number of halogens is 2. The Morgan fingerprint density at radius 3 is 2.50 bits per heavy atom. The lowest BCUT2D eigenvalue weighted by Gasteiger charge is -2.29. The molecule has 3 heterocycles. The molecule has 0 unspecified atom stereocenters. The van der Waals surface area contributed by atoms with Crippen molar-refractivity contribution < 1.29 is 4.79 Å². The maximum absolute atomic E-state index is 12.3. The van der Waals surface area contributed by atoms with E-state index in [1.807, 2.05) is 63.2 Å². The first-order chi connectivity index (χ1) is 19.1. The Morgan fingerprint density at radius 1 is 1.05 bits per heavy atom. The van der Waals surface area contributed by atoms with Gasteiger partial charge in [0.15, 0.2) is 5.11 Å². The van der Waals surface area contributed by atoms with E-state index in [4.69, 9.17) is 35.4 Å². The molecule has 1 aliphatic rings. The van der Waals surface area contributed by atoms with Crippen molar-refractivity contribution in [1.29, 1.82) is 0 Å². The van der Waals surface area contributed by atoms with Gasteiger partial charge in [0.25, 0.3) is 0 Å². The number of anilines is 2. The summed E-state index contributed by atoms with van der Waals surface area (Å²) in [7, 11) is 0. The van der Waals surface area contributed by atoms with Crippen molar-refractivity contribution in [2.24, 2.45) is 5.92 Å². The van der Waals surface area contributed by atoms with Gasteiger partial charge in [0.1, 0.15) is 0 Å². The summed E-state index contributed by atoms with van der Waals surface area (Å²) in [6.07, 6.45) is 1.80. The van der Waals surface area contributed by atoms with Gasteiger partial charge in [0.2, 0.25) is 5.91 Å². The summed E-state index contributed by atoms with van der Waals surface area (Å²) in [5.74, 6) is -0.129. The molecular formula is C31H31Cl2N5OS. The predicted molar refractivity (Wildman–Crippen MR) is 168 cm³/mol. The number of carbonyl (C=O) groups is 1. The molecule has 1 saturated heterocycles. The summed E-state index contributed by atoms with van der Waals surface area (Å²) in [4.78, 5) is 19.2. The third-order valence-electron chi connectivity index (χ3n) is 7.33. The molecule has 5 rings (SSSR count). The number of rotatable bonds is 6. The molecule has 0 radical (unpaired) electrons. The van der Waals surface area contributed by atoms with Crippen LogP contribution in [0.3, 0.4) is 0 Å². The first-order valence-corrected chi connectivity index (χ1v) is 14.3. The number of hydrogen-bond donors (Lipinski definition) is 2. The van der Waals surface area contributed by atoms with Crippen LogP contribution >= 0.6 is 35.4 Å². The maximum Gasteiger partial charge on any atom is 0.226 e. The summed E-state index contributed by atoms with van der Waals surface area (Å²) < 4.78 is 2.13. The van der Waals surface area contributed by atoms with Gasteiger partial charge in [-0.1, -0.05) is 49.2 Å². The molecule has 40 heavy (non-hydrogen) atoms. The third-order valence-corrected chi connectivity index (χ3v) is 8.45. The van der Waals surface area contributed by atoms with Crippen LogP contribution in [0.1, 0.15) is 54.1 Å². The summed E-state index contributed by atoms with van der Waals surface area (Å²) >= 11 is 19.0. The van der Waals surface area contributed by atoms with Crippen LogP contribution in [0.25, 0.3) is 5.69 Å². The largest absolute Gasteiger partial charge is 0.351 e. The standard InChI is InChI=1S/C31H31Cl2N5OS/c1-17(2)30(39)35-24-13-12-21(15-18(24)3)38-29(28(36-31(38)40)25-10-6-7-14-34-25)22-16-19(4)37(20(22)5)26-11-8-9-23(32)27(26)33/h6-17,28-29H,1-5H3,(H,35,39)(H,36,40)/t28-,29-/m0/s1. The second-order valence-electron chi connectivity index (χ2n) is 10.4. The molecule has 0 bridgehead atoms. The number of carbonyl (C=O) groups excluding carboxylic acids is 1. The highest BCUT2D eigenvalue weighted by Crippen LogP contribution is 2.45. The van der Waals surface area contributed by atoms with Crippen molar-refractivity contribution in [3.8, 4) is 5.69 Å². The lowest BCUT2D eigenvalue weighted by molar-refractivity contribution is -0.118. The van der Waals surface area contributed by atoms with Crippen LogP contribution in [0.2, 0.25) is 10.0 Å². The van der Waals surface area contributed by atoms with Crippen LogP contribution in [0.4, 0.5) is 11.4 Å². The molecule has 1 aliphatic heterocycles. The van der Waals surface area contributed by atoms with Crippen molar-refractivity contribution in [2.45, 2.75) is 46.7 Å². The van der Waals surface area contributed by atoms with Crippen LogP contribution in [-0.4, -0.2) is 20.6 Å². The first-order valence-electron chi connectivity index (χ1n) is 13.1. The van der Waals surface area contributed by atoms with Gasteiger partial charge in [-0.3, -0.25) is 9.78 Å². The summed E-state index contributed by atoms with van der Waals surface area (Å²) in [6, 6.07) is 19.3. The average Bonchev–Trinajstić information content (AvgIpc) is 3.42. The summed E-state index contributed by atoms with van der Waals surface area (Å²) in [6.45, 7) is 9.89. The number of nitrogens with one attached hydrogen (secondary N) is 2. The second kappa shape index (κ2) is 11.2. The molecule has 2 aromatic carbocycles. The lowest BCUT2D eigenvalue weighted by atomic mass is 9.96. The molecule has 2 atom stereocenters. The van der Waals surface area contributed by atoms with Gasteiger partial charge in [-0.2, -0.15) is 0 Å². The average molecular weight is 593 g/mol. The minimum atomic E-state index is -0.198. The molecule has 206 valence electrons. The van der Waals surface area contributed by atoms with Crippen LogP contribution in [-0.2, 0) is 4.79 Å². The number of nitrogens with zero attached hydrogens (tertiary/aromatic N) is 3. The topological polar surface area (TPSA) is 62.2 Å². The number of thiocarbonyl (C=S) groups is 1. The second-order valence-corrected chi connectivity index (χ2v) is 11.5. The maximum atomic E-state index is 12.3. The SMILES string of the molecule is Cc1cc(N2C(=S)N[C@@H](c3ccccn3)[C@@H]2c2cc(C)n(-c3cccc(Cl)c3Cl)c2C)ccc1NC(=O)C(C)C. The van der Waals surface area contributed by atoms with E-state index < -0.39 is 0 Å². The third kappa shape index (κ3) is 5.09. The van der Waals surface area contributed by atoms with E-state index in [1.54, 1.807) is 12.3 Å². The number of aromatic nitrogens is 2. The minimum absolute atomic E-state index is 0.0191. The van der Waals surface area contributed by atoms with E-state index in [9.17, 15) is 4.79 Å². The molecule has 0 spiro atoms. The van der Waals surface area contributed by atoms with E-state index in [0.717, 1.165) is 45.3 Å². The Hall–Kier alpha value is -3.39. The van der Waals surface area contributed by atoms with Gasteiger partial charge >= 0.3 is 0 Å². The quantitative estimate of drug-likeness (QED) is 0.223. The molecule has 0 aliphatic carbocycles. The summed E-state index contributed by atoms with van der Waals surface area (Å²) in [5, 5.41) is 8.17. The molecule has 9 heteroatoms. The smallest absolute Gasteiger partial charge is 0.226 e. The fourth-order valence-corrected chi connectivity index (χ4v) is 6.01. The molecule has 1 amide bonds. The van der Waals surface area contributed by atoms with Crippen molar-refractivity contribution in [3.05, 3.63) is 105 Å². The Kier molecular flexibility index (Phi) is 7.91. The molecule has 4 aromatic rings. The van der Waals surface area contributed by atoms with E-state index >= 15 is 0 Å². The van der Waals surface area contributed by atoms with Crippen LogP contribution < -0.4 is 15.5 Å². The molecule has 0 saturated carbocycles. The summed E-state index contributed by atoms with van der Waals surface area (Å²) in [5.41, 5.74) is 7.51. The predicted octanol–water partition coefficient (Wildman–Crippen LogP) is 7.88. The number of benzene rings is 2. The van der Waals surface area contributed by atoms with E-state index in [-0.39, 0.29) is 23.9 Å².